The standard InChI is InChI=1S/C20H22F3NO/c1-12(2)14-6-8-18-17(9-14)24(11-20(21,22)23)16-7-5-15(13(3)4)10-19(16)25-18/h5-10,12-13H,11H2,1-4H3. The molecule has 2 nitrogen and oxygen atoms in total. The summed E-state index contributed by atoms with van der Waals surface area (Å²) in [6.45, 7) is 7.07. The Hall–Kier alpha value is -2.17. The van der Waals surface area contributed by atoms with Gasteiger partial charge in [0.2, 0.25) is 0 Å². The van der Waals surface area contributed by atoms with Crippen LogP contribution in [0.2, 0.25) is 0 Å². The van der Waals surface area contributed by atoms with Crippen molar-refractivity contribution in [3.63, 3.8) is 0 Å². The maximum absolute atomic E-state index is 13.2. The molecule has 25 heavy (non-hydrogen) atoms. The fourth-order valence-corrected chi connectivity index (χ4v) is 2.98. The number of halogens is 3. The van der Waals surface area contributed by atoms with Crippen molar-refractivity contribution in [3.05, 3.63) is 47.5 Å². The average Bonchev–Trinajstić information content (AvgIpc) is 2.52. The lowest BCUT2D eigenvalue weighted by atomic mass is 9.99. The first-order chi connectivity index (χ1) is 11.7. The highest BCUT2D eigenvalue weighted by atomic mass is 19.4. The van der Waals surface area contributed by atoms with Gasteiger partial charge in [0.05, 0.1) is 11.4 Å². The quantitative estimate of drug-likeness (QED) is 0.608. The Morgan fingerprint density at radius 1 is 0.840 bits per heavy atom. The van der Waals surface area contributed by atoms with Crippen molar-refractivity contribution in [2.24, 2.45) is 0 Å². The Bertz CT molecular complexity index is 781. The molecule has 0 fully saturated rings. The van der Waals surface area contributed by atoms with Crippen LogP contribution in [-0.2, 0) is 0 Å². The molecule has 0 bridgehead atoms. The second-order valence-electron chi connectivity index (χ2n) is 7.07. The number of hydrogen-bond acceptors (Lipinski definition) is 2. The minimum atomic E-state index is -4.31. The van der Waals surface area contributed by atoms with Crippen LogP contribution in [0.3, 0.4) is 0 Å². The zero-order valence-electron chi connectivity index (χ0n) is 14.8. The van der Waals surface area contributed by atoms with Crippen molar-refractivity contribution in [3.8, 4) is 11.5 Å². The molecule has 2 aromatic carbocycles. The third-order valence-electron chi connectivity index (χ3n) is 4.44. The van der Waals surface area contributed by atoms with Crippen molar-refractivity contribution in [2.75, 3.05) is 11.4 Å². The molecule has 0 atom stereocenters. The Labute approximate surface area is 146 Å². The van der Waals surface area contributed by atoms with Crippen LogP contribution < -0.4 is 9.64 Å². The summed E-state index contributed by atoms with van der Waals surface area (Å²) < 4.78 is 45.6. The van der Waals surface area contributed by atoms with Crippen LogP contribution in [0, 0.1) is 0 Å². The average molecular weight is 349 g/mol. The van der Waals surface area contributed by atoms with Crippen LogP contribution >= 0.6 is 0 Å². The van der Waals surface area contributed by atoms with Gasteiger partial charge >= 0.3 is 6.18 Å². The van der Waals surface area contributed by atoms with E-state index < -0.39 is 12.7 Å². The molecule has 2 aromatic rings. The highest BCUT2D eigenvalue weighted by Crippen LogP contribution is 2.49. The lowest BCUT2D eigenvalue weighted by molar-refractivity contribution is -0.118. The van der Waals surface area contributed by atoms with Crippen molar-refractivity contribution < 1.29 is 17.9 Å². The second-order valence-corrected chi connectivity index (χ2v) is 7.07. The van der Waals surface area contributed by atoms with Gasteiger partial charge in [-0.15, -0.1) is 0 Å². The van der Waals surface area contributed by atoms with Gasteiger partial charge in [-0.3, -0.25) is 0 Å². The van der Waals surface area contributed by atoms with Crippen LogP contribution in [0.25, 0.3) is 0 Å². The summed E-state index contributed by atoms with van der Waals surface area (Å²) in [5, 5.41) is 0. The van der Waals surface area contributed by atoms with Gasteiger partial charge in [0.15, 0.2) is 11.5 Å². The molecule has 0 N–H and O–H groups in total. The third-order valence-corrected chi connectivity index (χ3v) is 4.44. The number of fused-ring (bicyclic) bond motifs is 2. The van der Waals surface area contributed by atoms with Gasteiger partial charge in [0, 0.05) is 0 Å². The topological polar surface area (TPSA) is 12.5 Å². The van der Waals surface area contributed by atoms with E-state index in [9.17, 15) is 13.2 Å². The fourth-order valence-electron chi connectivity index (χ4n) is 2.98. The molecule has 3 rings (SSSR count). The summed E-state index contributed by atoms with van der Waals surface area (Å²) >= 11 is 0. The molecule has 134 valence electrons. The lowest BCUT2D eigenvalue weighted by Gasteiger charge is -2.34. The van der Waals surface area contributed by atoms with E-state index in [4.69, 9.17) is 4.74 Å². The predicted molar refractivity (Wildman–Crippen MR) is 94.2 cm³/mol. The Morgan fingerprint density at radius 3 is 2.04 bits per heavy atom. The van der Waals surface area contributed by atoms with Crippen LogP contribution in [-0.4, -0.2) is 12.7 Å². The Balaban J connectivity index is 2.13. The highest BCUT2D eigenvalue weighted by Gasteiger charge is 2.36. The summed E-state index contributed by atoms with van der Waals surface area (Å²) in [5.41, 5.74) is 2.94. The van der Waals surface area contributed by atoms with E-state index in [-0.39, 0.29) is 11.8 Å². The van der Waals surface area contributed by atoms with Gasteiger partial charge < -0.3 is 9.64 Å². The normalized spacial score (nSPS) is 13.7. The number of hydrogen-bond donors (Lipinski definition) is 0. The molecular formula is C20H22F3NO. The molecule has 1 heterocycles. The van der Waals surface area contributed by atoms with Gasteiger partial charge in [0.25, 0.3) is 0 Å². The van der Waals surface area contributed by atoms with Gasteiger partial charge in [-0.2, -0.15) is 13.2 Å². The van der Waals surface area contributed by atoms with E-state index in [0.29, 0.717) is 22.9 Å². The third kappa shape index (κ3) is 3.60. The number of rotatable bonds is 3. The minimum Gasteiger partial charge on any atom is -0.453 e. The number of nitrogens with zero attached hydrogens (tertiary/aromatic N) is 1. The van der Waals surface area contributed by atoms with Gasteiger partial charge in [0.1, 0.15) is 6.54 Å². The smallest absolute Gasteiger partial charge is 0.406 e. The maximum atomic E-state index is 13.2. The fraction of sp³-hybridized carbons (Fsp3) is 0.400. The molecular weight excluding hydrogens is 327 g/mol. The molecule has 5 heteroatoms. The van der Waals surface area contributed by atoms with E-state index >= 15 is 0 Å². The predicted octanol–water partition coefficient (Wildman–Crippen LogP) is 6.74. The minimum absolute atomic E-state index is 0.225. The summed E-state index contributed by atoms with van der Waals surface area (Å²) in [4.78, 5) is 1.31. The van der Waals surface area contributed by atoms with Gasteiger partial charge in [-0.1, -0.05) is 39.8 Å². The Kier molecular flexibility index (Phi) is 4.43. The molecule has 1 aliphatic rings. The zero-order chi connectivity index (χ0) is 18.4. The van der Waals surface area contributed by atoms with Crippen LogP contribution in [0.5, 0.6) is 11.5 Å². The molecule has 0 amide bonds. The molecule has 0 saturated heterocycles. The SMILES string of the molecule is CC(C)c1ccc2c(c1)Oc1ccc(C(C)C)cc1N2CC(F)(F)F. The zero-order valence-corrected chi connectivity index (χ0v) is 14.8. The molecule has 0 aromatic heterocycles. The number of anilines is 2. The molecule has 0 aliphatic carbocycles. The van der Waals surface area contributed by atoms with Crippen molar-refractivity contribution >= 4 is 11.4 Å². The first-order valence-corrected chi connectivity index (χ1v) is 8.46. The summed E-state index contributed by atoms with van der Waals surface area (Å²) in [6.07, 6.45) is -4.31. The van der Waals surface area contributed by atoms with E-state index in [1.807, 2.05) is 45.9 Å². The summed E-state index contributed by atoms with van der Waals surface area (Å²) in [5.74, 6) is 1.43. The lowest BCUT2D eigenvalue weighted by Crippen LogP contribution is -2.32. The Morgan fingerprint density at radius 2 is 1.44 bits per heavy atom. The number of alkyl halides is 3. The van der Waals surface area contributed by atoms with E-state index in [1.165, 1.54) is 4.90 Å². The number of benzene rings is 2. The molecule has 0 radical (unpaired) electrons. The van der Waals surface area contributed by atoms with E-state index in [1.54, 1.807) is 18.2 Å². The molecule has 0 saturated carbocycles. The number of ether oxygens (including phenoxy) is 1. The van der Waals surface area contributed by atoms with Crippen molar-refractivity contribution in [2.45, 2.75) is 45.7 Å². The summed E-state index contributed by atoms with van der Waals surface area (Å²) in [7, 11) is 0. The van der Waals surface area contributed by atoms with Crippen molar-refractivity contribution in [1.29, 1.82) is 0 Å². The second kappa shape index (κ2) is 6.28. The maximum Gasteiger partial charge on any atom is 0.406 e. The highest BCUT2D eigenvalue weighted by molar-refractivity contribution is 5.79. The van der Waals surface area contributed by atoms with Crippen LogP contribution in [0.1, 0.15) is 50.7 Å². The van der Waals surface area contributed by atoms with E-state index in [2.05, 4.69) is 0 Å². The largest absolute Gasteiger partial charge is 0.453 e. The first-order valence-electron chi connectivity index (χ1n) is 8.46. The van der Waals surface area contributed by atoms with E-state index in [0.717, 1.165) is 11.1 Å². The molecule has 1 aliphatic heterocycles. The molecule has 0 unspecified atom stereocenters. The summed E-state index contributed by atoms with van der Waals surface area (Å²) in [6, 6.07) is 10.9. The van der Waals surface area contributed by atoms with Gasteiger partial charge in [-0.25, -0.2) is 0 Å². The van der Waals surface area contributed by atoms with Crippen LogP contribution in [0.4, 0.5) is 24.5 Å². The van der Waals surface area contributed by atoms with Gasteiger partial charge in [-0.05, 0) is 47.2 Å². The van der Waals surface area contributed by atoms with Crippen molar-refractivity contribution in [1.82, 2.24) is 0 Å². The first kappa shape index (κ1) is 17.6. The molecule has 0 spiro atoms. The van der Waals surface area contributed by atoms with Crippen LogP contribution in [0.15, 0.2) is 36.4 Å². The monoisotopic (exact) mass is 349 g/mol.